The zero-order valence-electron chi connectivity index (χ0n) is 10.5. The molecular formula is C14H20N2O. The molecule has 17 heavy (non-hydrogen) atoms. The summed E-state index contributed by atoms with van der Waals surface area (Å²) in [4.78, 5) is 11.0. The summed E-state index contributed by atoms with van der Waals surface area (Å²) >= 11 is 0. The minimum absolute atomic E-state index is 0.382. The van der Waals surface area contributed by atoms with Crippen molar-refractivity contribution < 1.29 is 4.79 Å². The Labute approximate surface area is 103 Å². The molecule has 0 radical (unpaired) electrons. The van der Waals surface area contributed by atoms with Gasteiger partial charge in [0.05, 0.1) is 0 Å². The van der Waals surface area contributed by atoms with Crippen molar-refractivity contribution in [2.75, 3.05) is 0 Å². The number of rotatable bonds is 6. The second-order valence-electron chi connectivity index (χ2n) is 4.31. The lowest BCUT2D eigenvalue weighted by Gasteiger charge is -2.13. The highest BCUT2D eigenvalue weighted by molar-refractivity contribution is 5.93. The molecular weight excluding hydrogens is 212 g/mol. The minimum Gasteiger partial charge on any atom is -0.366 e. The molecule has 1 amide bonds. The SMILES string of the molecule is C=CCC(C)NCc1ccc(C(N)=O)cc1C. The molecule has 0 fully saturated rings. The molecule has 1 unspecified atom stereocenters. The summed E-state index contributed by atoms with van der Waals surface area (Å²) in [5.41, 5.74) is 8.06. The maximum atomic E-state index is 11.0. The topological polar surface area (TPSA) is 55.1 Å². The van der Waals surface area contributed by atoms with Gasteiger partial charge in [0.1, 0.15) is 0 Å². The molecule has 1 aromatic carbocycles. The van der Waals surface area contributed by atoms with E-state index in [4.69, 9.17) is 5.73 Å². The number of carbonyl (C=O) groups is 1. The van der Waals surface area contributed by atoms with Crippen molar-refractivity contribution in [3.8, 4) is 0 Å². The monoisotopic (exact) mass is 232 g/mol. The fourth-order valence-corrected chi connectivity index (χ4v) is 1.67. The average Bonchev–Trinajstić information content (AvgIpc) is 2.27. The Bertz CT molecular complexity index is 413. The Morgan fingerprint density at radius 2 is 2.29 bits per heavy atom. The first-order valence-corrected chi connectivity index (χ1v) is 5.78. The normalized spacial score (nSPS) is 12.1. The summed E-state index contributed by atoms with van der Waals surface area (Å²) in [6.45, 7) is 8.61. The van der Waals surface area contributed by atoms with Crippen LogP contribution in [0.4, 0.5) is 0 Å². The summed E-state index contributed by atoms with van der Waals surface area (Å²) in [6.07, 6.45) is 2.85. The van der Waals surface area contributed by atoms with Gasteiger partial charge in [0.15, 0.2) is 0 Å². The molecule has 0 aliphatic rings. The summed E-state index contributed by atoms with van der Waals surface area (Å²) in [5.74, 6) is -0.382. The van der Waals surface area contributed by atoms with Crippen LogP contribution in [-0.2, 0) is 6.54 Å². The Morgan fingerprint density at radius 1 is 1.59 bits per heavy atom. The van der Waals surface area contributed by atoms with E-state index in [1.807, 2.05) is 25.1 Å². The van der Waals surface area contributed by atoms with Crippen molar-refractivity contribution in [1.82, 2.24) is 5.32 Å². The third-order valence-electron chi connectivity index (χ3n) is 2.79. The van der Waals surface area contributed by atoms with E-state index in [2.05, 4.69) is 18.8 Å². The average molecular weight is 232 g/mol. The van der Waals surface area contributed by atoms with E-state index in [0.29, 0.717) is 11.6 Å². The van der Waals surface area contributed by atoms with Gasteiger partial charge in [-0.05, 0) is 43.5 Å². The number of hydrogen-bond donors (Lipinski definition) is 2. The predicted molar refractivity (Wildman–Crippen MR) is 70.8 cm³/mol. The van der Waals surface area contributed by atoms with Gasteiger partial charge in [-0.1, -0.05) is 12.1 Å². The molecule has 3 N–H and O–H groups in total. The zero-order chi connectivity index (χ0) is 12.8. The molecule has 1 aromatic rings. The van der Waals surface area contributed by atoms with Gasteiger partial charge in [0.25, 0.3) is 0 Å². The quantitative estimate of drug-likeness (QED) is 0.738. The van der Waals surface area contributed by atoms with Gasteiger partial charge in [-0.2, -0.15) is 0 Å². The summed E-state index contributed by atoms with van der Waals surface area (Å²) in [7, 11) is 0. The van der Waals surface area contributed by atoms with E-state index in [1.165, 1.54) is 5.56 Å². The maximum absolute atomic E-state index is 11.0. The second-order valence-corrected chi connectivity index (χ2v) is 4.31. The first-order chi connectivity index (χ1) is 8.04. The summed E-state index contributed by atoms with van der Waals surface area (Å²) in [5, 5.41) is 3.40. The molecule has 3 nitrogen and oxygen atoms in total. The van der Waals surface area contributed by atoms with Crippen molar-refractivity contribution in [2.24, 2.45) is 5.73 Å². The van der Waals surface area contributed by atoms with Crippen molar-refractivity contribution in [3.05, 3.63) is 47.5 Å². The molecule has 0 saturated heterocycles. The van der Waals surface area contributed by atoms with Gasteiger partial charge in [-0.3, -0.25) is 4.79 Å². The Balaban J connectivity index is 2.66. The van der Waals surface area contributed by atoms with E-state index in [-0.39, 0.29) is 5.91 Å². The van der Waals surface area contributed by atoms with Crippen LogP contribution in [0.25, 0.3) is 0 Å². The second kappa shape index (κ2) is 6.21. The molecule has 3 heteroatoms. The predicted octanol–water partition coefficient (Wildman–Crippen LogP) is 2.15. The van der Waals surface area contributed by atoms with Crippen molar-refractivity contribution in [3.63, 3.8) is 0 Å². The number of carbonyl (C=O) groups excluding carboxylic acids is 1. The summed E-state index contributed by atoms with van der Waals surface area (Å²) in [6, 6.07) is 5.95. The number of hydrogen-bond acceptors (Lipinski definition) is 2. The van der Waals surface area contributed by atoms with E-state index < -0.39 is 0 Å². The van der Waals surface area contributed by atoms with E-state index in [0.717, 1.165) is 18.5 Å². The third kappa shape index (κ3) is 4.04. The lowest BCUT2D eigenvalue weighted by molar-refractivity contribution is 0.1000. The largest absolute Gasteiger partial charge is 0.366 e. The number of nitrogens with two attached hydrogens (primary N) is 1. The molecule has 0 aliphatic heterocycles. The molecule has 0 aliphatic carbocycles. The van der Waals surface area contributed by atoms with Gasteiger partial charge < -0.3 is 11.1 Å². The smallest absolute Gasteiger partial charge is 0.248 e. The number of nitrogens with one attached hydrogen (secondary N) is 1. The van der Waals surface area contributed by atoms with Gasteiger partial charge in [0.2, 0.25) is 5.91 Å². The van der Waals surface area contributed by atoms with Crippen LogP contribution >= 0.6 is 0 Å². The lowest BCUT2D eigenvalue weighted by atomic mass is 10.0. The summed E-state index contributed by atoms with van der Waals surface area (Å²) < 4.78 is 0. The fraction of sp³-hybridized carbons (Fsp3) is 0.357. The van der Waals surface area contributed by atoms with Crippen LogP contribution in [0, 0.1) is 6.92 Å². The minimum atomic E-state index is -0.382. The highest BCUT2D eigenvalue weighted by atomic mass is 16.1. The van der Waals surface area contributed by atoms with Crippen LogP contribution in [0.2, 0.25) is 0 Å². The maximum Gasteiger partial charge on any atom is 0.248 e. The van der Waals surface area contributed by atoms with E-state index in [9.17, 15) is 4.79 Å². The Kier molecular flexibility index (Phi) is 4.91. The molecule has 0 bridgehead atoms. The molecule has 0 spiro atoms. The van der Waals surface area contributed by atoms with Gasteiger partial charge in [0, 0.05) is 18.2 Å². The van der Waals surface area contributed by atoms with Crippen LogP contribution in [0.1, 0.15) is 34.8 Å². The number of benzene rings is 1. The van der Waals surface area contributed by atoms with Crippen molar-refractivity contribution in [2.45, 2.75) is 32.9 Å². The highest BCUT2D eigenvalue weighted by Gasteiger charge is 2.05. The molecule has 0 aromatic heterocycles. The lowest BCUT2D eigenvalue weighted by Crippen LogP contribution is -2.25. The molecule has 1 rings (SSSR count). The highest BCUT2D eigenvalue weighted by Crippen LogP contribution is 2.11. The molecule has 92 valence electrons. The molecule has 0 saturated carbocycles. The fourth-order valence-electron chi connectivity index (χ4n) is 1.67. The third-order valence-corrected chi connectivity index (χ3v) is 2.79. The van der Waals surface area contributed by atoms with Gasteiger partial charge in [-0.25, -0.2) is 0 Å². The standard InChI is InChI=1S/C14H20N2O/c1-4-5-11(3)16-9-13-7-6-12(14(15)17)8-10(13)2/h4,6-8,11,16H,1,5,9H2,2-3H3,(H2,15,17). The Hall–Kier alpha value is -1.61. The van der Waals surface area contributed by atoms with Crippen molar-refractivity contribution >= 4 is 5.91 Å². The first-order valence-electron chi connectivity index (χ1n) is 5.78. The van der Waals surface area contributed by atoms with Crippen molar-refractivity contribution in [1.29, 1.82) is 0 Å². The van der Waals surface area contributed by atoms with Crippen LogP contribution < -0.4 is 11.1 Å². The van der Waals surface area contributed by atoms with E-state index in [1.54, 1.807) is 6.07 Å². The van der Waals surface area contributed by atoms with Gasteiger partial charge in [-0.15, -0.1) is 6.58 Å². The first kappa shape index (κ1) is 13.5. The van der Waals surface area contributed by atoms with Crippen LogP contribution in [-0.4, -0.2) is 11.9 Å². The van der Waals surface area contributed by atoms with Gasteiger partial charge >= 0.3 is 0 Å². The Morgan fingerprint density at radius 3 is 2.82 bits per heavy atom. The number of aryl methyl sites for hydroxylation is 1. The van der Waals surface area contributed by atoms with Crippen LogP contribution in [0.5, 0.6) is 0 Å². The van der Waals surface area contributed by atoms with E-state index >= 15 is 0 Å². The molecule has 1 atom stereocenters. The zero-order valence-corrected chi connectivity index (χ0v) is 10.5. The van der Waals surface area contributed by atoms with Crippen LogP contribution in [0.3, 0.4) is 0 Å². The number of primary amides is 1. The number of amides is 1. The molecule has 0 heterocycles. The van der Waals surface area contributed by atoms with Crippen LogP contribution in [0.15, 0.2) is 30.9 Å².